The summed E-state index contributed by atoms with van der Waals surface area (Å²) in [4.78, 5) is 42.1. The van der Waals surface area contributed by atoms with Crippen LogP contribution in [0.3, 0.4) is 0 Å². The van der Waals surface area contributed by atoms with Gasteiger partial charge in [0.05, 0.1) is 13.2 Å². The lowest BCUT2D eigenvalue weighted by molar-refractivity contribution is -0.141. The largest absolute Gasteiger partial charge is 0.462 e. The highest BCUT2D eigenvalue weighted by atomic mass is 16.5. The number of hydrogen-bond donors (Lipinski definition) is 2. The number of esters is 1. The molecule has 0 radical (unpaired) electrons. The molecule has 0 fully saturated rings. The minimum atomic E-state index is -1.94. The fourth-order valence-corrected chi connectivity index (χ4v) is 4.71. The molecule has 1 aromatic heterocycles. The number of rotatable bonds is 5. The molecule has 1 atom stereocenters. The van der Waals surface area contributed by atoms with Crippen LogP contribution in [-0.2, 0) is 32.9 Å². The first-order valence-electron chi connectivity index (χ1n) is 11.0. The molecule has 3 heterocycles. The van der Waals surface area contributed by atoms with E-state index in [2.05, 4.69) is 0 Å². The lowest BCUT2D eigenvalue weighted by Crippen LogP contribution is -2.49. The van der Waals surface area contributed by atoms with Gasteiger partial charge >= 0.3 is 5.97 Å². The normalized spacial score (nSPS) is 18.3. The Morgan fingerprint density at radius 1 is 1.11 bits per heavy atom. The van der Waals surface area contributed by atoms with Crippen molar-refractivity contribution in [2.24, 2.45) is 5.73 Å². The number of hydrogen-bond acceptors (Lipinski definition) is 8. The van der Waals surface area contributed by atoms with Gasteiger partial charge in [-0.2, -0.15) is 0 Å². The van der Waals surface area contributed by atoms with E-state index in [-0.39, 0.29) is 36.0 Å². The van der Waals surface area contributed by atoms with Gasteiger partial charge in [0.25, 0.3) is 5.91 Å². The Morgan fingerprint density at radius 3 is 2.54 bits per heavy atom. The third kappa shape index (κ3) is 3.23. The number of aliphatic hydroxyl groups is 1. The standard InChI is InChI=1S/C26H22N2O7/c1-2-33-24(31)20-23(27)35-21-19(30)12-16(14-29)34-22(21)26(20)17-10-6-7-11-18(17)28(25(26)32)13-15-8-4-3-5-9-15/h3-12,29H,2,13-14,27H2,1H3. The highest BCUT2D eigenvalue weighted by Crippen LogP contribution is 2.55. The van der Waals surface area contributed by atoms with Gasteiger partial charge in [0.1, 0.15) is 17.9 Å². The average Bonchev–Trinajstić information content (AvgIpc) is 3.09. The predicted octanol–water partition coefficient (Wildman–Crippen LogP) is 2.09. The van der Waals surface area contributed by atoms with Crippen molar-refractivity contribution in [1.29, 1.82) is 0 Å². The molecule has 5 rings (SSSR count). The maximum atomic E-state index is 14.4. The molecule has 2 aliphatic rings. The second-order valence-electron chi connectivity index (χ2n) is 8.10. The zero-order valence-corrected chi connectivity index (χ0v) is 18.8. The van der Waals surface area contributed by atoms with Crippen LogP contribution in [0.25, 0.3) is 0 Å². The van der Waals surface area contributed by atoms with E-state index in [0.717, 1.165) is 11.6 Å². The molecular weight excluding hydrogens is 452 g/mol. The molecular formula is C26H22N2O7. The number of fused-ring (bicyclic) bond motifs is 4. The van der Waals surface area contributed by atoms with Crippen molar-refractivity contribution in [3.63, 3.8) is 0 Å². The molecule has 1 spiro atoms. The Hall–Kier alpha value is -4.37. The van der Waals surface area contributed by atoms with Gasteiger partial charge < -0.3 is 29.6 Å². The number of carbonyl (C=O) groups is 2. The van der Waals surface area contributed by atoms with E-state index in [1.54, 1.807) is 31.2 Å². The summed E-state index contributed by atoms with van der Waals surface area (Å²) in [7, 11) is 0. The van der Waals surface area contributed by atoms with Crippen LogP contribution in [0, 0.1) is 0 Å². The molecule has 9 nitrogen and oxygen atoms in total. The average molecular weight is 474 g/mol. The number of nitrogens with two attached hydrogens (primary N) is 1. The topological polar surface area (TPSA) is 132 Å². The number of benzene rings is 2. The third-order valence-electron chi connectivity index (χ3n) is 6.11. The summed E-state index contributed by atoms with van der Waals surface area (Å²) in [6.07, 6.45) is 0. The molecule has 3 N–H and O–H groups in total. The van der Waals surface area contributed by atoms with E-state index < -0.39 is 35.2 Å². The number of ether oxygens (including phenoxy) is 2. The summed E-state index contributed by atoms with van der Waals surface area (Å²) < 4.78 is 16.7. The Bertz CT molecular complexity index is 1430. The Kier molecular flexibility index (Phi) is 5.41. The zero-order valence-electron chi connectivity index (χ0n) is 18.8. The van der Waals surface area contributed by atoms with E-state index in [0.29, 0.717) is 11.3 Å². The summed E-state index contributed by atoms with van der Waals surface area (Å²) in [5, 5.41) is 9.72. The van der Waals surface area contributed by atoms with E-state index in [1.807, 2.05) is 30.3 Å². The molecule has 9 heteroatoms. The third-order valence-corrected chi connectivity index (χ3v) is 6.11. The SMILES string of the molecule is CCOC(=O)C1=C(N)Oc2c(oc(CO)cc2=O)C12C(=O)N(Cc1ccccc1)c1ccccc12. The van der Waals surface area contributed by atoms with Crippen molar-refractivity contribution >= 4 is 17.6 Å². The van der Waals surface area contributed by atoms with Gasteiger partial charge in [-0.1, -0.05) is 48.5 Å². The van der Waals surface area contributed by atoms with Crippen LogP contribution in [0.15, 0.2) is 81.3 Å². The molecule has 0 aliphatic carbocycles. The first-order chi connectivity index (χ1) is 16.9. The molecule has 0 saturated heterocycles. The molecule has 2 aromatic carbocycles. The van der Waals surface area contributed by atoms with Crippen LogP contribution in [-0.4, -0.2) is 23.6 Å². The maximum absolute atomic E-state index is 14.4. The molecule has 35 heavy (non-hydrogen) atoms. The number of para-hydroxylation sites is 1. The predicted molar refractivity (Wildman–Crippen MR) is 124 cm³/mol. The summed E-state index contributed by atoms with van der Waals surface area (Å²) in [6.45, 7) is 1.22. The summed E-state index contributed by atoms with van der Waals surface area (Å²) in [5.41, 5.74) is 5.07. The first kappa shape index (κ1) is 22.4. The number of nitrogens with zero attached hydrogens (tertiary/aromatic N) is 1. The quantitative estimate of drug-likeness (QED) is 0.537. The van der Waals surface area contributed by atoms with E-state index in [9.17, 15) is 19.5 Å². The maximum Gasteiger partial charge on any atom is 0.341 e. The van der Waals surface area contributed by atoms with Crippen LogP contribution >= 0.6 is 0 Å². The molecule has 3 aromatic rings. The summed E-state index contributed by atoms with van der Waals surface area (Å²) >= 11 is 0. The Balaban J connectivity index is 1.84. The molecule has 1 unspecified atom stereocenters. The first-order valence-corrected chi connectivity index (χ1v) is 11.0. The van der Waals surface area contributed by atoms with Gasteiger partial charge in [0.15, 0.2) is 11.2 Å². The number of anilines is 1. The second kappa shape index (κ2) is 8.44. The fraction of sp³-hybridized carbons (Fsp3) is 0.192. The van der Waals surface area contributed by atoms with E-state index in [4.69, 9.17) is 19.6 Å². The fourth-order valence-electron chi connectivity index (χ4n) is 4.71. The van der Waals surface area contributed by atoms with E-state index >= 15 is 0 Å². The van der Waals surface area contributed by atoms with Crippen LogP contribution in [0.5, 0.6) is 5.75 Å². The van der Waals surface area contributed by atoms with E-state index in [1.165, 1.54) is 4.90 Å². The molecule has 2 aliphatic heterocycles. The van der Waals surface area contributed by atoms with Crippen molar-refractivity contribution in [3.05, 3.63) is 105 Å². The number of aliphatic hydroxyl groups excluding tert-OH is 1. The van der Waals surface area contributed by atoms with Crippen molar-refractivity contribution in [3.8, 4) is 5.75 Å². The minimum Gasteiger partial charge on any atom is -0.462 e. The van der Waals surface area contributed by atoms with Crippen molar-refractivity contribution in [2.45, 2.75) is 25.5 Å². The molecule has 1 amide bonds. The Morgan fingerprint density at radius 2 is 1.83 bits per heavy atom. The van der Waals surface area contributed by atoms with Gasteiger partial charge in [0, 0.05) is 17.3 Å². The van der Waals surface area contributed by atoms with Crippen LogP contribution in [0.4, 0.5) is 5.69 Å². The van der Waals surface area contributed by atoms with Crippen molar-refractivity contribution in [1.82, 2.24) is 0 Å². The Labute approximate surface area is 200 Å². The number of amides is 1. The van der Waals surface area contributed by atoms with Gasteiger partial charge in [-0.3, -0.25) is 9.59 Å². The molecule has 178 valence electrons. The van der Waals surface area contributed by atoms with Crippen molar-refractivity contribution < 1.29 is 28.6 Å². The lowest BCUT2D eigenvalue weighted by atomic mass is 9.71. The van der Waals surface area contributed by atoms with Gasteiger partial charge in [-0.05, 0) is 18.6 Å². The molecule has 0 bridgehead atoms. The van der Waals surface area contributed by atoms with Gasteiger partial charge in [-0.25, -0.2) is 4.79 Å². The van der Waals surface area contributed by atoms with Crippen LogP contribution < -0.4 is 20.8 Å². The van der Waals surface area contributed by atoms with Gasteiger partial charge in [-0.15, -0.1) is 0 Å². The van der Waals surface area contributed by atoms with Gasteiger partial charge in [0.2, 0.25) is 17.1 Å². The summed E-state index contributed by atoms with van der Waals surface area (Å²) in [5.74, 6) is -2.50. The molecule has 0 saturated carbocycles. The van der Waals surface area contributed by atoms with Crippen LogP contribution in [0.1, 0.15) is 29.6 Å². The zero-order chi connectivity index (χ0) is 24.7. The lowest BCUT2D eigenvalue weighted by Gasteiger charge is -2.34. The minimum absolute atomic E-state index is 0.0166. The van der Waals surface area contributed by atoms with Crippen molar-refractivity contribution in [2.75, 3.05) is 11.5 Å². The highest BCUT2D eigenvalue weighted by Gasteiger charge is 2.63. The highest BCUT2D eigenvalue weighted by molar-refractivity contribution is 6.18. The smallest absolute Gasteiger partial charge is 0.341 e. The number of carbonyl (C=O) groups excluding carboxylic acids is 2. The monoisotopic (exact) mass is 474 g/mol. The van der Waals surface area contributed by atoms with Crippen LogP contribution in [0.2, 0.25) is 0 Å². The summed E-state index contributed by atoms with van der Waals surface area (Å²) in [6, 6.07) is 17.3. The second-order valence-corrected chi connectivity index (χ2v) is 8.10.